The van der Waals surface area contributed by atoms with Gasteiger partial charge in [-0.15, -0.1) is 11.3 Å². The Morgan fingerprint density at radius 2 is 2.38 bits per heavy atom. The maximum atomic E-state index is 11.5. The van der Waals surface area contributed by atoms with Crippen LogP contribution in [0.2, 0.25) is 0 Å². The van der Waals surface area contributed by atoms with Crippen LogP contribution in [0.5, 0.6) is 0 Å². The zero-order valence-corrected chi connectivity index (χ0v) is 10.5. The van der Waals surface area contributed by atoms with Gasteiger partial charge in [0, 0.05) is 17.6 Å². The van der Waals surface area contributed by atoms with Crippen molar-refractivity contribution in [3.8, 4) is 0 Å². The molecule has 1 aromatic heterocycles. The molecule has 16 heavy (non-hydrogen) atoms. The largest absolute Gasteiger partial charge is 0.444 e. The van der Waals surface area contributed by atoms with E-state index in [1.807, 2.05) is 20.8 Å². The quantitative estimate of drug-likeness (QED) is 0.846. The summed E-state index contributed by atoms with van der Waals surface area (Å²) < 4.78 is 5.15. The molecule has 0 saturated heterocycles. The van der Waals surface area contributed by atoms with Crippen LogP contribution < -0.4 is 11.1 Å². The standard InChI is InChI=1S/C10H17N3O2S/c1-10(2,3)15-9(14)13-7(4-11)8-5-12-6-16-8/h5-7H,4,11H2,1-3H3,(H,13,14). The van der Waals surface area contributed by atoms with Gasteiger partial charge in [-0.25, -0.2) is 4.79 Å². The van der Waals surface area contributed by atoms with Crippen molar-refractivity contribution >= 4 is 17.4 Å². The van der Waals surface area contributed by atoms with Crippen molar-refractivity contribution in [1.29, 1.82) is 0 Å². The van der Waals surface area contributed by atoms with Gasteiger partial charge in [0.1, 0.15) is 5.60 Å². The maximum absolute atomic E-state index is 11.5. The molecule has 0 fully saturated rings. The molecule has 1 amide bonds. The molecule has 0 aliphatic carbocycles. The van der Waals surface area contributed by atoms with Gasteiger partial charge in [-0.1, -0.05) is 0 Å². The fourth-order valence-electron chi connectivity index (χ4n) is 1.09. The van der Waals surface area contributed by atoms with E-state index >= 15 is 0 Å². The van der Waals surface area contributed by atoms with E-state index in [-0.39, 0.29) is 6.04 Å². The van der Waals surface area contributed by atoms with E-state index in [0.717, 1.165) is 4.88 Å². The lowest BCUT2D eigenvalue weighted by atomic mass is 10.2. The van der Waals surface area contributed by atoms with Crippen molar-refractivity contribution in [3.63, 3.8) is 0 Å². The number of nitrogens with one attached hydrogen (secondary N) is 1. The minimum atomic E-state index is -0.503. The number of alkyl carbamates (subject to hydrolysis) is 1. The Labute approximate surface area is 99.0 Å². The van der Waals surface area contributed by atoms with Gasteiger partial charge in [-0.05, 0) is 20.8 Å². The highest BCUT2D eigenvalue weighted by Crippen LogP contribution is 2.16. The molecule has 0 spiro atoms. The summed E-state index contributed by atoms with van der Waals surface area (Å²) in [4.78, 5) is 16.4. The Bertz CT molecular complexity index is 332. The topological polar surface area (TPSA) is 77.2 Å². The first-order valence-electron chi connectivity index (χ1n) is 5.00. The minimum Gasteiger partial charge on any atom is -0.444 e. The van der Waals surface area contributed by atoms with Crippen molar-refractivity contribution in [2.75, 3.05) is 6.54 Å². The molecule has 1 rings (SSSR count). The fourth-order valence-corrected chi connectivity index (χ4v) is 1.78. The lowest BCUT2D eigenvalue weighted by molar-refractivity contribution is 0.0506. The second kappa shape index (κ2) is 5.27. The van der Waals surface area contributed by atoms with Gasteiger partial charge in [0.2, 0.25) is 0 Å². The van der Waals surface area contributed by atoms with Gasteiger partial charge >= 0.3 is 6.09 Å². The molecule has 0 bridgehead atoms. The van der Waals surface area contributed by atoms with Crippen molar-refractivity contribution in [2.45, 2.75) is 32.4 Å². The first-order chi connectivity index (χ1) is 7.42. The Balaban J connectivity index is 2.55. The molecule has 1 heterocycles. The van der Waals surface area contributed by atoms with Crippen LogP contribution in [0.25, 0.3) is 0 Å². The van der Waals surface area contributed by atoms with E-state index in [2.05, 4.69) is 10.3 Å². The number of hydrogen-bond acceptors (Lipinski definition) is 5. The summed E-state index contributed by atoms with van der Waals surface area (Å²) in [6.07, 6.45) is 1.23. The summed E-state index contributed by atoms with van der Waals surface area (Å²) in [6, 6.07) is -0.234. The van der Waals surface area contributed by atoms with Crippen LogP contribution in [-0.2, 0) is 4.74 Å². The average Bonchev–Trinajstić information content (AvgIpc) is 2.63. The highest BCUT2D eigenvalue weighted by Gasteiger charge is 2.20. The predicted octanol–water partition coefficient (Wildman–Crippen LogP) is 1.67. The Morgan fingerprint density at radius 3 is 2.81 bits per heavy atom. The van der Waals surface area contributed by atoms with Gasteiger partial charge in [0.15, 0.2) is 0 Å². The van der Waals surface area contributed by atoms with Crippen molar-refractivity contribution in [3.05, 3.63) is 16.6 Å². The molecule has 1 aromatic rings. The number of ether oxygens (including phenoxy) is 1. The van der Waals surface area contributed by atoms with E-state index in [4.69, 9.17) is 10.5 Å². The van der Waals surface area contributed by atoms with Crippen LogP contribution in [0.1, 0.15) is 31.7 Å². The number of nitrogens with two attached hydrogens (primary N) is 1. The van der Waals surface area contributed by atoms with Crippen LogP contribution >= 0.6 is 11.3 Å². The van der Waals surface area contributed by atoms with E-state index in [9.17, 15) is 4.79 Å². The average molecular weight is 243 g/mol. The van der Waals surface area contributed by atoms with E-state index in [1.54, 1.807) is 11.7 Å². The van der Waals surface area contributed by atoms with Gasteiger partial charge in [0.05, 0.1) is 11.6 Å². The highest BCUT2D eigenvalue weighted by molar-refractivity contribution is 7.09. The summed E-state index contributed by atoms with van der Waals surface area (Å²) in [6.45, 7) is 5.77. The number of amides is 1. The van der Waals surface area contributed by atoms with Crippen LogP contribution in [0.15, 0.2) is 11.7 Å². The molecule has 0 aliphatic heterocycles. The molecule has 1 atom stereocenters. The zero-order chi connectivity index (χ0) is 12.2. The number of aromatic nitrogens is 1. The third-order valence-electron chi connectivity index (χ3n) is 1.72. The molecular formula is C10H17N3O2S. The van der Waals surface area contributed by atoms with E-state index < -0.39 is 11.7 Å². The second-order valence-corrected chi connectivity index (χ2v) is 5.26. The fraction of sp³-hybridized carbons (Fsp3) is 0.600. The first kappa shape index (κ1) is 12.9. The number of carbonyl (C=O) groups excluding carboxylic acids is 1. The van der Waals surface area contributed by atoms with Crippen LogP contribution in [0, 0.1) is 0 Å². The third kappa shape index (κ3) is 4.16. The minimum absolute atomic E-state index is 0.234. The number of rotatable bonds is 3. The van der Waals surface area contributed by atoms with Crippen molar-refractivity contribution in [2.24, 2.45) is 5.73 Å². The molecule has 0 aromatic carbocycles. The SMILES string of the molecule is CC(C)(C)OC(=O)NC(CN)c1cncs1. The zero-order valence-electron chi connectivity index (χ0n) is 9.69. The van der Waals surface area contributed by atoms with Gasteiger partial charge in [0.25, 0.3) is 0 Å². The van der Waals surface area contributed by atoms with Crippen LogP contribution in [-0.4, -0.2) is 23.2 Å². The lowest BCUT2D eigenvalue weighted by Gasteiger charge is -2.22. The van der Waals surface area contributed by atoms with Crippen molar-refractivity contribution < 1.29 is 9.53 Å². The molecule has 0 radical (unpaired) electrons. The number of thiazole rings is 1. The summed E-state index contributed by atoms with van der Waals surface area (Å²) in [5, 5.41) is 2.71. The van der Waals surface area contributed by atoms with E-state index in [1.165, 1.54) is 11.3 Å². The Kier molecular flexibility index (Phi) is 4.26. The molecule has 5 nitrogen and oxygen atoms in total. The van der Waals surface area contributed by atoms with Gasteiger partial charge in [-0.3, -0.25) is 4.98 Å². The van der Waals surface area contributed by atoms with Crippen molar-refractivity contribution in [1.82, 2.24) is 10.3 Å². The third-order valence-corrected chi connectivity index (χ3v) is 2.61. The van der Waals surface area contributed by atoms with E-state index in [0.29, 0.717) is 6.54 Å². The molecule has 0 aliphatic rings. The summed E-state index contributed by atoms with van der Waals surface area (Å²) in [5.41, 5.74) is 6.78. The Morgan fingerprint density at radius 1 is 1.69 bits per heavy atom. The van der Waals surface area contributed by atoms with Crippen LogP contribution in [0.4, 0.5) is 4.79 Å². The number of carbonyl (C=O) groups is 1. The number of nitrogens with zero attached hydrogens (tertiary/aromatic N) is 1. The summed E-state index contributed by atoms with van der Waals surface area (Å²) in [7, 11) is 0. The molecule has 3 N–H and O–H groups in total. The molecule has 0 saturated carbocycles. The molecule has 1 unspecified atom stereocenters. The Hall–Kier alpha value is -1.14. The summed E-state index contributed by atoms with van der Waals surface area (Å²) >= 11 is 1.45. The normalized spacial score (nSPS) is 13.2. The molecular weight excluding hydrogens is 226 g/mol. The number of hydrogen-bond donors (Lipinski definition) is 2. The maximum Gasteiger partial charge on any atom is 0.408 e. The highest BCUT2D eigenvalue weighted by atomic mass is 32.1. The monoisotopic (exact) mass is 243 g/mol. The second-order valence-electron chi connectivity index (χ2n) is 4.34. The van der Waals surface area contributed by atoms with Crippen LogP contribution in [0.3, 0.4) is 0 Å². The van der Waals surface area contributed by atoms with Gasteiger partial charge < -0.3 is 15.8 Å². The summed E-state index contributed by atoms with van der Waals surface area (Å²) in [5.74, 6) is 0. The van der Waals surface area contributed by atoms with Gasteiger partial charge in [-0.2, -0.15) is 0 Å². The first-order valence-corrected chi connectivity index (χ1v) is 5.88. The molecule has 90 valence electrons. The molecule has 6 heteroatoms. The lowest BCUT2D eigenvalue weighted by Crippen LogP contribution is -2.37. The smallest absolute Gasteiger partial charge is 0.408 e. The predicted molar refractivity (Wildman–Crippen MR) is 63.3 cm³/mol.